The van der Waals surface area contributed by atoms with Crippen molar-refractivity contribution in [2.75, 3.05) is 13.1 Å². The molecule has 1 aliphatic rings. The fourth-order valence-electron chi connectivity index (χ4n) is 1.75. The number of aliphatic hydroxyl groups is 1. The van der Waals surface area contributed by atoms with Gasteiger partial charge in [-0.05, 0) is 44.9 Å². The summed E-state index contributed by atoms with van der Waals surface area (Å²) in [6, 6.07) is 6.52. The Bertz CT molecular complexity index is 367. The molecule has 0 aliphatic carbocycles. The zero-order valence-corrected chi connectivity index (χ0v) is 13.9. The molecule has 122 valence electrons. The fourth-order valence-corrected chi connectivity index (χ4v) is 1.75. The molecule has 21 heavy (non-hydrogen) atoms. The summed E-state index contributed by atoms with van der Waals surface area (Å²) in [5, 5.41) is 19.0. The van der Waals surface area contributed by atoms with Gasteiger partial charge in [-0.15, -0.1) is 0 Å². The second-order valence-electron chi connectivity index (χ2n) is 6.33. The predicted molar refractivity (Wildman–Crippen MR) is 85.1 cm³/mol. The lowest BCUT2D eigenvalue weighted by molar-refractivity contribution is -0.0691. The molecule has 0 radical (unpaired) electrons. The highest BCUT2D eigenvalue weighted by molar-refractivity contribution is 5.21. The van der Waals surface area contributed by atoms with Crippen molar-refractivity contribution in [2.45, 2.75) is 59.0 Å². The van der Waals surface area contributed by atoms with E-state index in [9.17, 15) is 9.60 Å². The summed E-state index contributed by atoms with van der Waals surface area (Å²) in [6.45, 7) is 10.8. The zero-order valence-electron chi connectivity index (χ0n) is 13.9. The molecule has 2 N–H and O–H groups in total. The summed E-state index contributed by atoms with van der Waals surface area (Å²) in [6.07, 6.45) is 2.20. The maximum atomic E-state index is 12.6. The average Bonchev–Trinajstić information content (AvgIpc) is 2.76. The lowest BCUT2D eigenvalue weighted by atomic mass is 9.99. The number of hydroxylamine groups is 2. The largest absolute Gasteiger partial charge is 0.391 e. The van der Waals surface area contributed by atoms with Gasteiger partial charge in [-0.2, -0.15) is 5.06 Å². The maximum Gasteiger partial charge on any atom is 0.123 e. The molecule has 0 unspecified atom stereocenters. The second kappa shape index (κ2) is 9.87. The van der Waals surface area contributed by atoms with Gasteiger partial charge in [0.05, 0.1) is 5.60 Å². The van der Waals surface area contributed by atoms with Crippen LogP contribution in [0.4, 0.5) is 4.39 Å². The summed E-state index contributed by atoms with van der Waals surface area (Å²) in [5.74, 6) is 0.146. The second-order valence-corrected chi connectivity index (χ2v) is 6.33. The van der Waals surface area contributed by atoms with Crippen LogP contribution in [0.5, 0.6) is 0 Å². The molecule has 1 fully saturated rings. The molecule has 0 aromatic heterocycles. The van der Waals surface area contributed by atoms with Crippen molar-refractivity contribution in [2.24, 2.45) is 0 Å². The summed E-state index contributed by atoms with van der Waals surface area (Å²) in [4.78, 5) is 0. The summed E-state index contributed by atoms with van der Waals surface area (Å²) >= 11 is 0. The van der Waals surface area contributed by atoms with Crippen molar-refractivity contribution in [3.63, 3.8) is 0 Å². The molecule has 3 nitrogen and oxygen atoms in total. The first kappa shape index (κ1) is 20.0. The fraction of sp³-hybridized carbons (Fsp3) is 0.647. The Labute approximate surface area is 128 Å². The Morgan fingerprint density at radius 3 is 1.95 bits per heavy atom. The van der Waals surface area contributed by atoms with Gasteiger partial charge in [-0.25, -0.2) is 4.39 Å². The van der Waals surface area contributed by atoms with Gasteiger partial charge < -0.3 is 10.3 Å². The molecule has 1 aromatic rings. The van der Waals surface area contributed by atoms with E-state index < -0.39 is 5.60 Å². The van der Waals surface area contributed by atoms with Crippen molar-refractivity contribution >= 4 is 0 Å². The number of hydrogen-bond donors (Lipinski definition) is 2. The lowest BCUT2D eigenvalue weighted by Crippen LogP contribution is -2.14. The standard InChI is InChI=1S/C10H12FNO.C4H10O.C3H8/c11-10-3-1-8(2-4-10)9-5-6-12(13)7-9;1-4(2,3)5;1-3-2/h1-4,9,13H,5-7H2;5H,1-3H3;3H2,1-2H3/t9-;;/m0../s1. The minimum atomic E-state index is -0.500. The van der Waals surface area contributed by atoms with Crippen molar-refractivity contribution < 1.29 is 14.7 Å². The summed E-state index contributed by atoms with van der Waals surface area (Å²) < 4.78 is 12.6. The first-order chi connectivity index (χ1) is 9.67. The Balaban J connectivity index is 0.000000422. The van der Waals surface area contributed by atoms with E-state index in [0.29, 0.717) is 19.0 Å². The molecular formula is C17H30FNO2. The predicted octanol–water partition coefficient (Wildman–Crippen LogP) is 4.20. The highest BCUT2D eigenvalue weighted by atomic mass is 19.1. The van der Waals surface area contributed by atoms with Gasteiger partial charge in [-0.1, -0.05) is 32.4 Å². The summed E-state index contributed by atoms with van der Waals surface area (Å²) in [5.41, 5.74) is 0.609. The number of halogens is 1. The van der Waals surface area contributed by atoms with E-state index in [1.165, 1.54) is 23.6 Å². The number of benzene rings is 1. The van der Waals surface area contributed by atoms with E-state index >= 15 is 0 Å². The van der Waals surface area contributed by atoms with Crippen LogP contribution in [0.15, 0.2) is 24.3 Å². The van der Waals surface area contributed by atoms with E-state index in [-0.39, 0.29) is 5.82 Å². The van der Waals surface area contributed by atoms with Crippen molar-refractivity contribution in [3.8, 4) is 0 Å². The maximum absolute atomic E-state index is 12.6. The number of nitrogens with zero attached hydrogens (tertiary/aromatic N) is 1. The van der Waals surface area contributed by atoms with Gasteiger partial charge in [0.2, 0.25) is 0 Å². The SMILES string of the molecule is CC(C)(C)O.CCC.ON1CC[C@H](c2ccc(F)cc2)C1. The van der Waals surface area contributed by atoms with Crippen LogP contribution in [0.25, 0.3) is 0 Å². The van der Waals surface area contributed by atoms with Crippen LogP contribution in [-0.4, -0.2) is 34.1 Å². The molecular weight excluding hydrogens is 269 g/mol. The van der Waals surface area contributed by atoms with E-state index in [1.54, 1.807) is 32.9 Å². The van der Waals surface area contributed by atoms with Gasteiger partial charge in [0.15, 0.2) is 0 Å². The molecule has 2 rings (SSSR count). The first-order valence-corrected chi connectivity index (χ1v) is 7.59. The highest BCUT2D eigenvalue weighted by Crippen LogP contribution is 2.25. The van der Waals surface area contributed by atoms with Crippen molar-refractivity contribution in [3.05, 3.63) is 35.6 Å². The monoisotopic (exact) mass is 299 g/mol. The Morgan fingerprint density at radius 1 is 1.19 bits per heavy atom. The smallest absolute Gasteiger partial charge is 0.123 e. The van der Waals surface area contributed by atoms with E-state index in [2.05, 4.69) is 13.8 Å². The quantitative estimate of drug-likeness (QED) is 0.817. The van der Waals surface area contributed by atoms with Crippen LogP contribution in [0.2, 0.25) is 0 Å². The molecule has 0 amide bonds. The first-order valence-electron chi connectivity index (χ1n) is 7.59. The molecule has 0 bridgehead atoms. The molecule has 1 atom stereocenters. The third kappa shape index (κ3) is 11.4. The van der Waals surface area contributed by atoms with Gasteiger partial charge in [0, 0.05) is 19.0 Å². The third-order valence-corrected chi connectivity index (χ3v) is 2.51. The average molecular weight is 299 g/mol. The van der Waals surface area contributed by atoms with Gasteiger partial charge >= 0.3 is 0 Å². The Hall–Kier alpha value is -0.970. The number of hydrogen-bond acceptors (Lipinski definition) is 3. The van der Waals surface area contributed by atoms with Crippen LogP contribution in [0.1, 0.15) is 58.9 Å². The Morgan fingerprint density at radius 2 is 1.62 bits per heavy atom. The molecule has 1 aromatic carbocycles. The molecule has 1 heterocycles. The molecule has 1 aliphatic heterocycles. The molecule has 1 saturated heterocycles. The van der Waals surface area contributed by atoms with Gasteiger partial charge in [-0.3, -0.25) is 0 Å². The summed E-state index contributed by atoms with van der Waals surface area (Å²) in [7, 11) is 0. The minimum absolute atomic E-state index is 0.206. The van der Waals surface area contributed by atoms with E-state index in [0.717, 1.165) is 12.0 Å². The van der Waals surface area contributed by atoms with E-state index in [1.807, 2.05) is 0 Å². The van der Waals surface area contributed by atoms with Gasteiger partial charge in [0.1, 0.15) is 5.82 Å². The molecule has 4 heteroatoms. The van der Waals surface area contributed by atoms with Crippen LogP contribution in [0, 0.1) is 5.82 Å². The van der Waals surface area contributed by atoms with Crippen molar-refractivity contribution in [1.82, 2.24) is 5.06 Å². The topological polar surface area (TPSA) is 43.7 Å². The number of rotatable bonds is 1. The van der Waals surface area contributed by atoms with Crippen LogP contribution < -0.4 is 0 Å². The third-order valence-electron chi connectivity index (χ3n) is 2.51. The zero-order chi connectivity index (χ0) is 16.5. The van der Waals surface area contributed by atoms with E-state index in [4.69, 9.17) is 5.11 Å². The molecule has 0 saturated carbocycles. The Kier molecular flexibility index (Phi) is 9.42. The van der Waals surface area contributed by atoms with Crippen molar-refractivity contribution in [1.29, 1.82) is 0 Å². The lowest BCUT2D eigenvalue weighted by Gasteiger charge is -2.09. The molecule has 0 spiro atoms. The van der Waals surface area contributed by atoms with Gasteiger partial charge in [0.25, 0.3) is 0 Å². The van der Waals surface area contributed by atoms with Crippen LogP contribution >= 0.6 is 0 Å². The minimum Gasteiger partial charge on any atom is -0.391 e. The van der Waals surface area contributed by atoms with Crippen LogP contribution in [-0.2, 0) is 0 Å². The normalized spacial score (nSPS) is 18.4. The van der Waals surface area contributed by atoms with Crippen LogP contribution in [0.3, 0.4) is 0 Å². The highest BCUT2D eigenvalue weighted by Gasteiger charge is 2.22.